The van der Waals surface area contributed by atoms with E-state index in [1.54, 1.807) is 0 Å². The van der Waals surface area contributed by atoms with Gasteiger partial charge in [-0.25, -0.2) is 0 Å². The predicted molar refractivity (Wildman–Crippen MR) is 58.0 cm³/mol. The lowest BCUT2D eigenvalue weighted by molar-refractivity contribution is 0.147. The van der Waals surface area contributed by atoms with Gasteiger partial charge in [-0.2, -0.15) is 0 Å². The maximum Gasteiger partial charge on any atom is 0.0406 e. The summed E-state index contributed by atoms with van der Waals surface area (Å²) in [4.78, 5) is 5.71. The summed E-state index contributed by atoms with van der Waals surface area (Å²) >= 11 is 0. The highest BCUT2D eigenvalue weighted by Crippen LogP contribution is 2.37. The van der Waals surface area contributed by atoms with Crippen LogP contribution in [0.15, 0.2) is 10.2 Å². The Labute approximate surface area is 88.9 Å². The summed E-state index contributed by atoms with van der Waals surface area (Å²) in [6.45, 7) is 6.30. The minimum Gasteiger partial charge on any atom is -0.0903 e. The highest BCUT2D eigenvalue weighted by atomic mass is 15.2. The van der Waals surface area contributed by atoms with Crippen molar-refractivity contribution in [2.24, 2.45) is 28.0 Å². The summed E-state index contributed by atoms with van der Waals surface area (Å²) in [5.41, 5.74) is 16.9. The highest BCUT2D eigenvalue weighted by Gasteiger charge is 2.37. The third-order valence-corrected chi connectivity index (χ3v) is 3.76. The Balaban J connectivity index is 2.88. The first-order valence-electron chi connectivity index (χ1n) is 5.20. The summed E-state index contributed by atoms with van der Waals surface area (Å²) in [5.74, 6) is 1.10. The van der Waals surface area contributed by atoms with Crippen LogP contribution in [0.25, 0.3) is 20.9 Å². The monoisotopic (exact) mass is 208 g/mol. The first-order chi connectivity index (χ1) is 7.11. The van der Waals surface area contributed by atoms with Gasteiger partial charge in [0.1, 0.15) is 0 Å². The average molecular weight is 208 g/mol. The summed E-state index contributed by atoms with van der Waals surface area (Å²) < 4.78 is 0. The fraction of sp³-hybridized carbons (Fsp3) is 1.00. The zero-order valence-electron chi connectivity index (χ0n) is 9.28. The van der Waals surface area contributed by atoms with Gasteiger partial charge in [0.25, 0.3) is 0 Å². The van der Waals surface area contributed by atoms with Gasteiger partial charge in [-0.15, -0.1) is 0 Å². The van der Waals surface area contributed by atoms with Crippen molar-refractivity contribution in [3.63, 3.8) is 0 Å². The largest absolute Gasteiger partial charge is 0.0903 e. The fourth-order valence-electron chi connectivity index (χ4n) is 2.29. The lowest BCUT2D eigenvalue weighted by Crippen LogP contribution is -2.40. The Kier molecular flexibility index (Phi) is 3.83. The van der Waals surface area contributed by atoms with Crippen molar-refractivity contribution in [3.05, 3.63) is 20.9 Å². The maximum absolute atomic E-state index is 8.46. The Bertz CT molecular complexity index is 285. The molecular weight excluding hydrogens is 192 g/mol. The molecule has 82 valence electrons. The van der Waals surface area contributed by atoms with Gasteiger partial charge in [0.15, 0.2) is 0 Å². The first kappa shape index (κ1) is 11.7. The van der Waals surface area contributed by atoms with Crippen molar-refractivity contribution in [2.45, 2.75) is 39.3 Å². The van der Waals surface area contributed by atoms with E-state index in [1.165, 1.54) is 0 Å². The van der Waals surface area contributed by atoms with E-state index in [1.807, 2.05) is 0 Å². The van der Waals surface area contributed by atoms with Crippen molar-refractivity contribution in [2.75, 3.05) is 0 Å². The van der Waals surface area contributed by atoms with Crippen molar-refractivity contribution in [3.8, 4) is 0 Å². The van der Waals surface area contributed by atoms with Crippen LogP contribution in [-0.2, 0) is 0 Å². The molecule has 0 aromatic heterocycles. The molecule has 4 atom stereocenters. The van der Waals surface area contributed by atoms with Crippen LogP contribution in [0.1, 0.15) is 27.2 Å². The van der Waals surface area contributed by atoms with Crippen LogP contribution in [0.4, 0.5) is 0 Å². The van der Waals surface area contributed by atoms with Crippen molar-refractivity contribution in [1.29, 1.82) is 0 Å². The van der Waals surface area contributed by atoms with Crippen molar-refractivity contribution in [1.82, 2.24) is 0 Å². The van der Waals surface area contributed by atoms with Crippen LogP contribution >= 0.6 is 0 Å². The molecular formula is C9H16N6. The van der Waals surface area contributed by atoms with E-state index in [2.05, 4.69) is 40.8 Å². The van der Waals surface area contributed by atoms with Crippen LogP contribution in [0.5, 0.6) is 0 Å². The molecule has 0 amide bonds. The molecule has 0 aromatic carbocycles. The zero-order chi connectivity index (χ0) is 11.4. The Morgan fingerprint density at radius 2 is 1.27 bits per heavy atom. The third kappa shape index (κ3) is 2.35. The Morgan fingerprint density at radius 1 is 0.867 bits per heavy atom. The van der Waals surface area contributed by atoms with Crippen LogP contribution < -0.4 is 0 Å². The average Bonchev–Trinajstić information content (AvgIpc) is 2.22. The van der Waals surface area contributed by atoms with E-state index in [9.17, 15) is 0 Å². The molecule has 4 unspecified atom stereocenters. The number of rotatable bonds is 2. The molecule has 0 saturated heterocycles. The second-order valence-corrected chi connectivity index (χ2v) is 4.36. The molecule has 0 aromatic rings. The normalized spacial score (nSPS) is 40.1. The van der Waals surface area contributed by atoms with Gasteiger partial charge in [-0.05, 0) is 35.2 Å². The summed E-state index contributed by atoms with van der Waals surface area (Å²) in [6.07, 6.45) is 0.667. The fourth-order valence-corrected chi connectivity index (χ4v) is 2.29. The van der Waals surface area contributed by atoms with E-state index in [0.29, 0.717) is 24.2 Å². The van der Waals surface area contributed by atoms with E-state index < -0.39 is 0 Å². The molecule has 1 saturated carbocycles. The highest BCUT2D eigenvalue weighted by molar-refractivity contribution is 4.93. The number of hydrogen-bond donors (Lipinski definition) is 0. The van der Waals surface area contributed by atoms with Crippen LogP contribution in [0, 0.1) is 17.8 Å². The molecule has 0 spiro atoms. The molecule has 6 nitrogen and oxygen atoms in total. The van der Waals surface area contributed by atoms with Gasteiger partial charge in [0, 0.05) is 21.9 Å². The SMILES string of the molecule is CC1C(N=[N+]=[N-])CC(N=[N+]=[N-])C(C)C1C. The number of nitrogens with zero attached hydrogens (tertiary/aromatic N) is 6. The summed E-state index contributed by atoms with van der Waals surface area (Å²) in [6, 6.07) is -0.0894. The van der Waals surface area contributed by atoms with Crippen LogP contribution in [0.2, 0.25) is 0 Å². The van der Waals surface area contributed by atoms with E-state index in [-0.39, 0.29) is 12.1 Å². The lowest BCUT2D eigenvalue weighted by Gasteiger charge is -2.40. The second kappa shape index (κ2) is 4.91. The Morgan fingerprint density at radius 3 is 1.60 bits per heavy atom. The molecule has 0 radical (unpaired) electrons. The van der Waals surface area contributed by atoms with Gasteiger partial charge >= 0.3 is 0 Å². The van der Waals surface area contributed by atoms with Crippen LogP contribution in [-0.4, -0.2) is 12.1 Å². The van der Waals surface area contributed by atoms with Gasteiger partial charge in [0.2, 0.25) is 0 Å². The van der Waals surface area contributed by atoms with Gasteiger partial charge in [-0.1, -0.05) is 31.0 Å². The molecule has 0 N–H and O–H groups in total. The molecule has 15 heavy (non-hydrogen) atoms. The minimum absolute atomic E-state index is 0.0447. The topological polar surface area (TPSA) is 97.5 Å². The molecule has 6 heteroatoms. The standard InChI is InChI=1S/C9H16N6/c1-5-6(2)8(12-14-10)4-9(7(5)3)13-15-11/h5-9H,4H2,1-3H3. The second-order valence-electron chi connectivity index (χ2n) is 4.36. The molecule has 0 aliphatic heterocycles. The van der Waals surface area contributed by atoms with Crippen molar-refractivity contribution >= 4 is 0 Å². The number of azide groups is 2. The smallest absolute Gasteiger partial charge is 0.0406 e. The molecule has 0 bridgehead atoms. The minimum atomic E-state index is -0.0447. The van der Waals surface area contributed by atoms with Crippen LogP contribution in [0.3, 0.4) is 0 Å². The quantitative estimate of drug-likeness (QED) is 0.376. The lowest BCUT2D eigenvalue weighted by atomic mass is 9.70. The first-order valence-corrected chi connectivity index (χ1v) is 5.20. The van der Waals surface area contributed by atoms with Gasteiger partial charge < -0.3 is 0 Å². The molecule has 1 aliphatic carbocycles. The molecule has 1 aliphatic rings. The van der Waals surface area contributed by atoms with Gasteiger partial charge in [0.05, 0.1) is 0 Å². The third-order valence-electron chi connectivity index (χ3n) is 3.76. The number of hydrogen-bond acceptors (Lipinski definition) is 2. The molecule has 0 heterocycles. The van der Waals surface area contributed by atoms with E-state index in [4.69, 9.17) is 11.1 Å². The molecule has 1 rings (SSSR count). The summed E-state index contributed by atoms with van der Waals surface area (Å²) in [7, 11) is 0. The zero-order valence-corrected chi connectivity index (χ0v) is 9.28. The molecule has 1 fully saturated rings. The Hall–Kier alpha value is -1.38. The van der Waals surface area contributed by atoms with Crippen molar-refractivity contribution < 1.29 is 0 Å². The maximum atomic E-state index is 8.46. The van der Waals surface area contributed by atoms with E-state index >= 15 is 0 Å². The predicted octanol–water partition coefficient (Wildman–Crippen LogP) is 3.66. The van der Waals surface area contributed by atoms with Gasteiger partial charge in [-0.3, -0.25) is 0 Å². The summed E-state index contributed by atoms with van der Waals surface area (Å²) in [5, 5.41) is 7.56. The van der Waals surface area contributed by atoms with E-state index in [0.717, 1.165) is 0 Å².